The van der Waals surface area contributed by atoms with E-state index >= 15 is 0 Å². The van der Waals surface area contributed by atoms with Crippen LogP contribution in [-0.2, 0) is 10.8 Å². The minimum atomic E-state index is -0.956. The lowest BCUT2D eigenvalue weighted by Crippen LogP contribution is -2.37. The van der Waals surface area contributed by atoms with E-state index < -0.39 is 10.8 Å². The van der Waals surface area contributed by atoms with Gasteiger partial charge in [0.05, 0.1) is 11.4 Å². The number of anilines is 2. The fourth-order valence-electron chi connectivity index (χ4n) is 3.68. The summed E-state index contributed by atoms with van der Waals surface area (Å²) in [6, 6.07) is 15.5. The van der Waals surface area contributed by atoms with Crippen LogP contribution in [0.15, 0.2) is 57.2 Å². The average Bonchev–Trinajstić information content (AvgIpc) is 2.65. The first kappa shape index (κ1) is 17.1. The maximum atomic E-state index is 12.0. The Morgan fingerprint density at radius 3 is 2.80 bits per heavy atom. The minimum absolute atomic E-state index is 0.613. The van der Waals surface area contributed by atoms with Crippen LogP contribution in [0.1, 0.15) is 25.7 Å². The highest BCUT2D eigenvalue weighted by molar-refractivity contribution is 7.99. The van der Waals surface area contributed by atoms with Crippen molar-refractivity contribution in [3.05, 3.63) is 42.5 Å². The van der Waals surface area contributed by atoms with Gasteiger partial charge in [0, 0.05) is 44.3 Å². The van der Waals surface area contributed by atoms with Crippen molar-refractivity contribution in [3.63, 3.8) is 0 Å². The third-order valence-electron chi connectivity index (χ3n) is 5.04. The van der Waals surface area contributed by atoms with Gasteiger partial charge < -0.3 is 10.2 Å². The zero-order chi connectivity index (χ0) is 17.2. The molecule has 2 unspecified atom stereocenters. The quantitative estimate of drug-likeness (QED) is 0.853. The van der Waals surface area contributed by atoms with Crippen LogP contribution in [0.3, 0.4) is 0 Å². The van der Waals surface area contributed by atoms with Crippen LogP contribution in [0, 0.1) is 0 Å². The molecule has 0 radical (unpaired) electrons. The number of benzene rings is 2. The third kappa shape index (κ3) is 3.64. The number of hydrogen-bond acceptors (Lipinski definition) is 4. The molecule has 1 fully saturated rings. The van der Waals surface area contributed by atoms with Gasteiger partial charge in [-0.3, -0.25) is 4.21 Å². The molecule has 0 amide bonds. The van der Waals surface area contributed by atoms with Crippen molar-refractivity contribution in [3.8, 4) is 0 Å². The Kier molecular flexibility index (Phi) is 5.15. The molecule has 25 heavy (non-hydrogen) atoms. The molecule has 3 nitrogen and oxygen atoms in total. The van der Waals surface area contributed by atoms with Gasteiger partial charge in [-0.2, -0.15) is 0 Å². The lowest BCUT2D eigenvalue weighted by atomic mass is 10.0. The molecular weight excluding hydrogens is 348 g/mol. The normalized spacial score (nSPS) is 20.7. The molecular formula is C20H24N2OS2. The van der Waals surface area contributed by atoms with Crippen molar-refractivity contribution in [2.24, 2.45) is 0 Å². The average molecular weight is 373 g/mol. The smallest absolute Gasteiger partial charge is 0.0565 e. The van der Waals surface area contributed by atoms with E-state index in [0.29, 0.717) is 6.04 Å². The fourth-order valence-corrected chi connectivity index (χ4v) is 5.30. The Bertz CT molecular complexity index is 787. The molecule has 1 saturated heterocycles. The van der Waals surface area contributed by atoms with E-state index in [1.165, 1.54) is 40.4 Å². The minimum Gasteiger partial charge on any atom is -0.340 e. The van der Waals surface area contributed by atoms with E-state index in [9.17, 15) is 4.21 Å². The van der Waals surface area contributed by atoms with E-state index in [1.807, 2.05) is 17.8 Å². The molecule has 0 saturated carbocycles. The van der Waals surface area contributed by atoms with Crippen molar-refractivity contribution >= 4 is 33.9 Å². The number of nitrogens with zero attached hydrogens (tertiary/aromatic N) is 1. The largest absolute Gasteiger partial charge is 0.340 e. The van der Waals surface area contributed by atoms with Crippen LogP contribution in [0.25, 0.3) is 0 Å². The SMILES string of the molecule is CS(=O)c1ccc2c(c1)N(CCC1CCCCN1)c1ccccc1S2. The van der Waals surface area contributed by atoms with E-state index in [1.54, 1.807) is 6.26 Å². The predicted molar refractivity (Wildman–Crippen MR) is 107 cm³/mol. The van der Waals surface area contributed by atoms with Gasteiger partial charge in [-0.25, -0.2) is 0 Å². The van der Waals surface area contributed by atoms with Crippen LogP contribution in [0.2, 0.25) is 0 Å². The molecule has 2 aromatic rings. The van der Waals surface area contributed by atoms with Crippen molar-refractivity contribution in [2.45, 2.75) is 46.4 Å². The Morgan fingerprint density at radius 2 is 2.00 bits per heavy atom. The molecule has 2 aliphatic rings. The maximum Gasteiger partial charge on any atom is 0.0565 e. The molecule has 132 valence electrons. The number of nitrogens with one attached hydrogen (secondary N) is 1. The Balaban J connectivity index is 1.66. The number of hydrogen-bond donors (Lipinski definition) is 1. The number of piperidine rings is 1. The summed E-state index contributed by atoms with van der Waals surface area (Å²) in [5.41, 5.74) is 2.47. The van der Waals surface area contributed by atoms with Gasteiger partial charge in [0.15, 0.2) is 0 Å². The summed E-state index contributed by atoms with van der Waals surface area (Å²) in [4.78, 5) is 5.88. The van der Waals surface area contributed by atoms with Crippen LogP contribution in [-0.4, -0.2) is 29.6 Å². The van der Waals surface area contributed by atoms with Crippen LogP contribution in [0.5, 0.6) is 0 Å². The monoisotopic (exact) mass is 372 g/mol. The van der Waals surface area contributed by atoms with Crippen molar-refractivity contribution in [2.75, 3.05) is 24.2 Å². The zero-order valence-corrected chi connectivity index (χ0v) is 16.2. The highest BCUT2D eigenvalue weighted by Gasteiger charge is 2.25. The van der Waals surface area contributed by atoms with Gasteiger partial charge in [0.1, 0.15) is 0 Å². The Morgan fingerprint density at radius 1 is 1.16 bits per heavy atom. The van der Waals surface area contributed by atoms with Crippen molar-refractivity contribution in [1.82, 2.24) is 5.32 Å². The lowest BCUT2D eigenvalue weighted by Gasteiger charge is -2.34. The van der Waals surface area contributed by atoms with Gasteiger partial charge in [-0.15, -0.1) is 0 Å². The van der Waals surface area contributed by atoms with Crippen LogP contribution < -0.4 is 10.2 Å². The molecule has 2 aromatic carbocycles. The summed E-state index contributed by atoms with van der Waals surface area (Å²) in [6.07, 6.45) is 6.80. The maximum absolute atomic E-state index is 12.0. The van der Waals surface area contributed by atoms with Crippen molar-refractivity contribution < 1.29 is 4.21 Å². The van der Waals surface area contributed by atoms with Crippen LogP contribution >= 0.6 is 11.8 Å². The molecule has 4 rings (SSSR count). The van der Waals surface area contributed by atoms with Gasteiger partial charge >= 0.3 is 0 Å². The topological polar surface area (TPSA) is 32.3 Å². The summed E-state index contributed by atoms with van der Waals surface area (Å²) in [5.74, 6) is 0. The summed E-state index contributed by atoms with van der Waals surface area (Å²) in [6.45, 7) is 2.13. The molecule has 0 aliphatic carbocycles. The number of fused-ring (bicyclic) bond motifs is 2. The van der Waals surface area contributed by atoms with Gasteiger partial charge in [0.2, 0.25) is 0 Å². The van der Waals surface area contributed by atoms with Crippen LogP contribution in [0.4, 0.5) is 11.4 Å². The van der Waals surface area contributed by atoms with Crippen molar-refractivity contribution in [1.29, 1.82) is 0 Å². The first-order valence-corrected chi connectivity index (χ1v) is 11.3. The molecule has 0 aromatic heterocycles. The van der Waals surface area contributed by atoms with Gasteiger partial charge in [-0.1, -0.05) is 30.3 Å². The van der Waals surface area contributed by atoms with E-state index in [-0.39, 0.29) is 0 Å². The molecule has 2 atom stereocenters. The molecule has 1 N–H and O–H groups in total. The summed E-state index contributed by atoms with van der Waals surface area (Å²) in [7, 11) is -0.956. The molecule has 2 heterocycles. The number of rotatable bonds is 4. The predicted octanol–water partition coefficient (Wildman–Crippen LogP) is 4.56. The zero-order valence-electron chi connectivity index (χ0n) is 14.5. The Hall–Kier alpha value is -1.30. The van der Waals surface area contributed by atoms with E-state index in [4.69, 9.17) is 0 Å². The van der Waals surface area contributed by atoms with E-state index in [2.05, 4.69) is 46.6 Å². The Labute approximate surface area is 156 Å². The first-order chi connectivity index (χ1) is 12.2. The second-order valence-electron chi connectivity index (χ2n) is 6.74. The second-order valence-corrected chi connectivity index (χ2v) is 9.20. The first-order valence-electron chi connectivity index (χ1n) is 8.97. The summed E-state index contributed by atoms with van der Waals surface area (Å²) < 4.78 is 12.0. The number of para-hydroxylation sites is 1. The molecule has 0 bridgehead atoms. The highest BCUT2D eigenvalue weighted by Crippen LogP contribution is 2.48. The molecule has 5 heteroatoms. The molecule has 2 aliphatic heterocycles. The lowest BCUT2D eigenvalue weighted by molar-refractivity contribution is 0.385. The fraction of sp³-hybridized carbons (Fsp3) is 0.400. The third-order valence-corrected chi connectivity index (χ3v) is 7.09. The van der Waals surface area contributed by atoms with Gasteiger partial charge in [-0.05, 0) is 56.1 Å². The standard InChI is InChI=1S/C20H24N2OS2/c1-25(23)16-9-10-20-18(14-16)22(13-11-15-6-4-5-12-21-15)17-7-2-3-8-19(17)24-20/h2-3,7-10,14-15,21H,4-6,11-13H2,1H3. The van der Waals surface area contributed by atoms with E-state index in [0.717, 1.165) is 24.4 Å². The highest BCUT2D eigenvalue weighted by atomic mass is 32.2. The van der Waals surface area contributed by atoms with Gasteiger partial charge in [0.25, 0.3) is 0 Å². The summed E-state index contributed by atoms with van der Waals surface area (Å²) in [5, 5.41) is 3.66. The molecule has 0 spiro atoms. The second kappa shape index (κ2) is 7.52. The summed E-state index contributed by atoms with van der Waals surface area (Å²) >= 11 is 1.81.